The highest BCUT2D eigenvalue weighted by Gasteiger charge is 2.65. The third-order valence-corrected chi connectivity index (χ3v) is 3.91. The summed E-state index contributed by atoms with van der Waals surface area (Å²) in [6.07, 6.45) is 0. The topological polar surface area (TPSA) is 83.5 Å². The minimum absolute atomic E-state index is 0.0868. The summed E-state index contributed by atoms with van der Waals surface area (Å²) in [5, 5.41) is 11.8. The van der Waals surface area contributed by atoms with Gasteiger partial charge in [0.15, 0.2) is 5.78 Å². The van der Waals surface area contributed by atoms with Gasteiger partial charge in [-0.1, -0.05) is 26.0 Å². The van der Waals surface area contributed by atoms with Gasteiger partial charge in [0.05, 0.1) is 11.8 Å². The van der Waals surface area contributed by atoms with Gasteiger partial charge in [-0.2, -0.15) is 0 Å². The highest BCUT2D eigenvalue weighted by atomic mass is 16.4. The number of nitrogens with one attached hydrogen (secondary N) is 1. The molecule has 1 amide bonds. The Balaban J connectivity index is 2.12. The van der Waals surface area contributed by atoms with Crippen LogP contribution in [0.25, 0.3) is 0 Å². The second-order valence-corrected chi connectivity index (χ2v) is 5.74. The summed E-state index contributed by atoms with van der Waals surface area (Å²) >= 11 is 0. The van der Waals surface area contributed by atoms with E-state index in [1.807, 2.05) is 0 Å². The van der Waals surface area contributed by atoms with Crippen molar-refractivity contribution in [3.05, 3.63) is 29.8 Å². The molecule has 1 aromatic rings. The van der Waals surface area contributed by atoms with Crippen molar-refractivity contribution in [2.75, 3.05) is 5.32 Å². The summed E-state index contributed by atoms with van der Waals surface area (Å²) in [4.78, 5) is 34.5. The minimum Gasteiger partial charge on any atom is -0.481 e. The monoisotopic (exact) mass is 275 g/mol. The lowest BCUT2D eigenvalue weighted by Gasteiger charge is -2.07. The number of rotatable bonds is 4. The highest BCUT2D eigenvalue weighted by Crippen LogP contribution is 2.58. The van der Waals surface area contributed by atoms with Crippen LogP contribution in [0.3, 0.4) is 0 Å². The maximum absolute atomic E-state index is 12.1. The predicted octanol–water partition coefficient (Wildman–Crippen LogP) is 2.18. The number of aliphatic carboxylic acids is 1. The Morgan fingerprint density at radius 1 is 1.20 bits per heavy atom. The molecule has 5 nitrogen and oxygen atoms in total. The van der Waals surface area contributed by atoms with Crippen LogP contribution in [0.15, 0.2) is 24.3 Å². The van der Waals surface area contributed by atoms with E-state index in [-0.39, 0.29) is 11.7 Å². The van der Waals surface area contributed by atoms with E-state index in [1.165, 1.54) is 6.92 Å². The van der Waals surface area contributed by atoms with Gasteiger partial charge in [0.1, 0.15) is 0 Å². The van der Waals surface area contributed by atoms with Gasteiger partial charge in [-0.25, -0.2) is 0 Å². The third kappa shape index (κ3) is 2.43. The van der Waals surface area contributed by atoms with Crippen LogP contribution in [0.4, 0.5) is 5.69 Å². The molecule has 106 valence electrons. The average Bonchev–Trinajstić information content (AvgIpc) is 2.93. The maximum atomic E-state index is 12.1. The Hall–Kier alpha value is -2.17. The van der Waals surface area contributed by atoms with Crippen molar-refractivity contribution < 1.29 is 19.5 Å². The van der Waals surface area contributed by atoms with Crippen molar-refractivity contribution in [3.63, 3.8) is 0 Å². The van der Waals surface area contributed by atoms with Gasteiger partial charge in [-0.3, -0.25) is 14.4 Å². The fraction of sp³-hybridized carbons (Fsp3) is 0.400. The number of anilines is 1. The molecule has 0 aliphatic heterocycles. The predicted molar refractivity (Wildman–Crippen MR) is 73.5 cm³/mol. The molecule has 0 bridgehead atoms. The summed E-state index contributed by atoms with van der Waals surface area (Å²) < 4.78 is 0. The molecule has 1 aromatic carbocycles. The second-order valence-electron chi connectivity index (χ2n) is 5.74. The number of Topliss-reactive ketones (excluding diaryl/α,β-unsaturated/α-hetero) is 1. The molecule has 20 heavy (non-hydrogen) atoms. The maximum Gasteiger partial charge on any atom is 0.307 e. The molecule has 1 fully saturated rings. The van der Waals surface area contributed by atoms with E-state index in [1.54, 1.807) is 38.1 Å². The first kappa shape index (κ1) is 14.2. The molecule has 0 saturated heterocycles. The molecule has 1 saturated carbocycles. The van der Waals surface area contributed by atoms with E-state index in [9.17, 15) is 14.4 Å². The number of carbonyl (C=O) groups excluding carboxylic acids is 2. The summed E-state index contributed by atoms with van der Waals surface area (Å²) in [5.41, 5.74) is 0.482. The molecule has 2 rings (SSSR count). The number of hydrogen-bond donors (Lipinski definition) is 2. The molecule has 1 aliphatic carbocycles. The van der Waals surface area contributed by atoms with Gasteiger partial charge >= 0.3 is 5.97 Å². The van der Waals surface area contributed by atoms with Crippen molar-refractivity contribution in [1.82, 2.24) is 0 Å². The lowest BCUT2D eigenvalue weighted by atomic mass is 10.1. The Morgan fingerprint density at radius 3 is 2.35 bits per heavy atom. The standard InChI is InChI=1S/C15H17NO4/c1-8(17)9-5-4-6-10(7-9)16-13(18)11-12(14(19)20)15(11,2)3/h4-7,11-12H,1-3H3,(H,16,18)(H,19,20)/t11-,12+/m0/s1. The zero-order valence-corrected chi connectivity index (χ0v) is 11.6. The fourth-order valence-electron chi connectivity index (χ4n) is 2.62. The molecular weight excluding hydrogens is 258 g/mol. The molecule has 0 radical (unpaired) electrons. The van der Waals surface area contributed by atoms with Gasteiger partial charge in [-0.05, 0) is 24.5 Å². The number of benzene rings is 1. The minimum atomic E-state index is -0.951. The fourth-order valence-corrected chi connectivity index (χ4v) is 2.62. The number of amides is 1. The first-order chi connectivity index (χ1) is 9.25. The SMILES string of the molecule is CC(=O)c1cccc(NC(=O)[C@@H]2[C@H](C(=O)O)C2(C)C)c1. The molecule has 0 aromatic heterocycles. The largest absolute Gasteiger partial charge is 0.481 e. The third-order valence-electron chi connectivity index (χ3n) is 3.91. The number of carbonyl (C=O) groups is 3. The van der Waals surface area contributed by atoms with E-state index in [0.717, 1.165) is 0 Å². The molecule has 1 aliphatic rings. The van der Waals surface area contributed by atoms with Gasteiger partial charge in [0, 0.05) is 11.3 Å². The summed E-state index contributed by atoms with van der Waals surface area (Å²) in [6.45, 7) is 4.98. The molecule has 0 unspecified atom stereocenters. The van der Waals surface area contributed by atoms with Crippen molar-refractivity contribution >= 4 is 23.3 Å². The molecule has 0 spiro atoms. The lowest BCUT2D eigenvalue weighted by Crippen LogP contribution is -2.17. The van der Waals surface area contributed by atoms with Crippen LogP contribution in [-0.2, 0) is 9.59 Å². The van der Waals surface area contributed by atoms with Gasteiger partial charge in [-0.15, -0.1) is 0 Å². The quantitative estimate of drug-likeness (QED) is 0.825. The Bertz CT molecular complexity index is 591. The van der Waals surface area contributed by atoms with E-state index >= 15 is 0 Å². The molecular formula is C15H17NO4. The van der Waals surface area contributed by atoms with Crippen LogP contribution in [-0.4, -0.2) is 22.8 Å². The zero-order valence-electron chi connectivity index (χ0n) is 11.6. The van der Waals surface area contributed by atoms with Crippen LogP contribution in [0.2, 0.25) is 0 Å². The van der Waals surface area contributed by atoms with Crippen molar-refractivity contribution in [3.8, 4) is 0 Å². The van der Waals surface area contributed by atoms with Crippen LogP contribution < -0.4 is 5.32 Å². The normalized spacial score (nSPS) is 22.9. The van der Waals surface area contributed by atoms with E-state index in [4.69, 9.17) is 5.11 Å². The average molecular weight is 275 g/mol. The number of carboxylic acids is 1. The van der Waals surface area contributed by atoms with Crippen LogP contribution in [0, 0.1) is 17.3 Å². The molecule has 5 heteroatoms. The highest BCUT2D eigenvalue weighted by molar-refractivity contribution is 6.01. The second kappa shape index (κ2) is 4.74. The van der Waals surface area contributed by atoms with Gasteiger partial charge in [0.2, 0.25) is 5.91 Å². The van der Waals surface area contributed by atoms with Crippen LogP contribution in [0.5, 0.6) is 0 Å². The first-order valence-electron chi connectivity index (χ1n) is 6.40. The molecule has 2 atom stereocenters. The van der Waals surface area contributed by atoms with Gasteiger partial charge < -0.3 is 10.4 Å². The van der Waals surface area contributed by atoms with Crippen molar-refractivity contribution in [2.45, 2.75) is 20.8 Å². The summed E-state index contributed by atoms with van der Waals surface area (Å²) in [6, 6.07) is 6.61. The Kier molecular flexibility index (Phi) is 3.38. The zero-order chi connectivity index (χ0) is 15.1. The van der Waals surface area contributed by atoms with Crippen LogP contribution >= 0.6 is 0 Å². The molecule has 0 heterocycles. The van der Waals surface area contributed by atoms with Crippen molar-refractivity contribution in [1.29, 1.82) is 0 Å². The number of carboxylic acid groups (broad SMARTS) is 1. The first-order valence-corrected chi connectivity index (χ1v) is 6.40. The summed E-state index contributed by atoms with van der Waals surface area (Å²) in [7, 11) is 0. The molecule has 2 N–H and O–H groups in total. The summed E-state index contributed by atoms with van der Waals surface area (Å²) in [5.74, 6) is -2.55. The van der Waals surface area contributed by atoms with Crippen LogP contribution in [0.1, 0.15) is 31.1 Å². The Labute approximate surface area is 117 Å². The Morgan fingerprint density at radius 2 is 1.85 bits per heavy atom. The number of ketones is 1. The lowest BCUT2D eigenvalue weighted by molar-refractivity contribution is -0.140. The van der Waals surface area contributed by atoms with E-state index in [0.29, 0.717) is 11.3 Å². The smallest absolute Gasteiger partial charge is 0.307 e. The van der Waals surface area contributed by atoms with Gasteiger partial charge in [0.25, 0.3) is 0 Å². The van der Waals surface area contributed by atoms with E-state index < -0.39 is 23.2 Å². The van der Waals surface area contributed by atoms with E-state index in [2.05, 4.69) is 5.32 Å². The van der Waals surface area contributed by atoms with Crippen molar-refractivity contribution in [2.24, 2.45) is 17.3 Å². The number of hydrogen-bond acceptors (Lipinski definition) is 3.